The highest BCUT2D eigenvalue weighted by Crippen LogP contribution is 2.52. The number of aromatic nitrogens is 1. The minimum absolute atomic E-state index is 0.177. The first-order chi connectivity index (χ1) is 18.0. The predicted octanol–water partition coefficient (Wildman–Crippen LogP) is 3.27. The standard InChI is InChI=1S/C28H34N6O3/c1-32(2)13-12-29-11-10-24(35)33-14-16-34(17-15-33)28-26-20-9-8-19(37-3)18-22(20)27(31-36)25(26)21-6-4-5-7-23(21)30-28/h4-9,18,27,29H,10-17H2,1-3H3. The fraction of sp³-hybridized carbons (Fsp3) is 0.429. The first-order valence-electron chi connectivity index (χ1n) is 12.8. The van der Waals surface area contributed by atoms with Gasteiger partial charge in [0.05, 0.1) is 12.6 Å². The average Bonchev–Trinajstić information content (AvgIpc) is 3.26. The lowest BCUT2D eigenvalue weighted by atomic mass is 10.00. The summed E-state index contributed by atoms with van der Waals surface area (Å²) in [6, 6.07) is 13.1. The number of ether oxygens (including phenoxy) is 1. The van der Waals surface area contributed by atoms with Gasteiger partial charge in [-0.05, 0) is 43.4 Å². The van der Waals surface area contributed by atoms with Crippen LogP contribution < -0.4 is 15.0 Å². The molecule has 3 aromatic rings. The number of anilines is 1. The maximum absolute atomic E-state index is 12.8. The molecular formula is C28H34N6O3. The SMILES string of the molecule is COc1ccc2c(c1)C(N=O)c1c-2c(N2CCN(C(=O)CCNCCN(C)C)CC2)nc2ccccc12. The number of benzene rings is 2. The van der Waals surface area contributed by atoms with Gasteiger partial charge in [0.1, 0.15) is 17.6 Å². The second-order valence-corrected chi connectivity index (χ2v) is 9.87. The predicted molar refractivity (Wildman–Crippen MR) is 146 cm³/mol. The normalized spacial score (nSPS) is 16.7. The van der Waals surface area contributed by atoms with Gasteiger partial charge in [0.15, 0.2) is 0 Å². The van der Waals surface area contributed by atoms with Crippen LogP contribution in [-0.2, 0) is 4.79 Å². The molecule has 194 valence electrons. The van der Waals surface area contributed by atoms with Gasteiger partial charge in [0.25, 0.3) is 0 Å². The molecular weight excluding hydrogens is 468 g/mol. The van der Waals surface area contributed by atoms with Crippen molar-refractivity contribution >= 4 is 22.6 Å². The number of fused-ring (bicyclic) bond motifs is 5. The van der Waals surface area contributed by atoms with Gasteiger partial charge in [0.2, 0.25) is 5.91 Å². The third-order valence-corrected chi connectivity index (χ3v) is 7.30. The molecule has 2 heterocycles. The minimum atomic E-state index is -0.616. The van der Waals surface area contributed by atoms with Crippen molar-refractivity contribution in [3.8, 4) is 16.9 Å². The molecule has 37 heavy (non-hydrogen) atoms. The molecule has 0 saturated carbocycles. The van der Waals surface area contributed by atoms with E-state index < -0.39 is 6.04 Å². The summed E-state index contributed by atoms with van der Waals surface area (Å²) in [5.74, 6) is 1.72. The Balaban J connectivity index is 1.39. The van der Waals surface area contributed by atoms with Gasteiger partial charge < -0.3 is 24.8 Å². The molecule has 9 nitrogen and oxygen atoms in total. The third-order valence-electron chi connectivity index (χ3n) is 7.30. The van der Waals surface area contributed by atoms with Gasteiger partial charge in [0, 0.05) is 68.7 Å². The summed E-state index contributed by atoms with van der Waals surface area (Å²) >= 11 is 0. The molecule has 1 atom stereocenters. The van der Waals surface area contributed by atoms with E-state index in [1.807, 2.05) is 61.5 Å². The zero-order chi connectivity index (χ0) is 25.9. The van der Waals surface area contributed by atoms with E-state index in [9.17, 15) is 9.70 Å². The maximum Gasteiger partial charge on any atom is 0.223 e. The summed E-state index contributed by atoms with van der Waals surface area (Å²) in [5, 5.41) is 7.84. The molecule has 1 amide bonds. The van der Waals surface area contributed by atoms with Crippen LogP contribution in [0.4, 0.5) is 5.82 Å². The molecule has 9 heteroatoms. The Morgan fingerprint density at radius 3 is 2.65 bits per heavy atom. The van der Waals surface area contributed by atoms with E-state index in [2.05, 4.69) is 20.3 Å². The Bertz CT molecular complexity index is 1300. The van der Waals surface area contributed by atoms with Crippen molar-refractivity contribution in [1.29, 1.82) is 0 Å². The number of carbonyl (C=O) groups excluding carboxylic acids is 1. The van der Waals surface area contributed by atoms with Gasteiger partial charge in [-0.15, -0.1) is 4.91 Å². The van der Waals surface area contributed by atoms with Crippen LogP contribution in [0.15, 0.2) is 47.6 Å². The summed E-state index contributed by atoms with van der Waals surface area (Å²) in [6.07, 6.45) is 0.499. The average molecular weight is 503 g/mol. The molecule has 1 aromatic heterocycles. The number of nitrogens with zero attached hydrogens (tertiary/aromatic N) is 5. The van der Waals surface area contributed by atoms with E-state index in [0.717, 1.165) is 52.1 Å². The highest BCUT2D eigenvalue weighted by atomic mass is 16.5. The summed E-state index contributed by atoms with van der Waals surface area (Å²) in [4.78, 5) is 36.3. The first kappa shape index (κ1) is 25.1. The van der Waals surface area contributed by atoms with Crippen molar-refractivity contribution in [3.05, 3.63) is 58.5 Å². The van der Waals surface area contributed by atoms with Gasteiger partial charge in [-0.2, -0.15) is 0 Å². The van der Waals surface area contributed by atoms with Crippen LogP contribution >= 0.6 is 0 Å². The monoisotopic (exact) mass is 502 g/mol. The highest BCUT2D eigenvalue weighted by Gasteiger charge is 2.36. The van der Waals surface area contributed by atoms with Crippen molar-refractivity contribution in [2.24, 2.45) is 5.18 Å². The number of methoxy groups -OCH3 is 1. The van der Waals surface area contributed by atoms with Gasteiger partial charge in [-0.25, -0.2) is 4.98 Å². The van der Waals surface area contributed by atoms with Gasteiger partial charge in [-0.1, -0.05) is 29.4 Å². The highest BCUT2D eigenvalue weighted by molar-refractivity contribution is 5.99. The number of nitroso groups, excluding NO2 is 1. The lowest BCUT2D eigenvalue weighted by Gasteiger charge is -2.36. The van der Waals surface area contributed by atoms with Crippen LogP contribution in [0.1, 0.15) is 23.6 Å². The number of hydrogen-bond donors (Lipinski definition) is 1. The molecule has 1 aliphatic carbocycles. The van der Waals surface area contributed by atoms with Crippen molar-refractivity contribution < 1.29 is 9.53 Å². The Morgan fingerprint density at radius 1 is 1.14 bits per heavy atom. The van der Waals surface area contributed by atoms with E-state index in [1.54, 1.807) is 7.11 Å². The quantitative estimate of drug-likeness (QED) is 0.355. The molecule has 1 unspecified atom stereocenters. The minimum Gasteiger partial charge on any atom is -0.497 e. The number of rotatable bonds is 9. The second kappa shape index (κ2) is 10.8. The molecule has 5 rings (SSSR count). The summed E-state index contributed by atoms with van der Waals surface area (Å²) < 4.78 is 5.44. The molecule has 2 aliphatic rings. The molecule has 0 spiro atoms. The number of likely N-dealkylation sites (N-methyl/N-ethyl adjacent to an activating group) is 1. The number of nitrogens with one attached hydrogen (secondary N) is 1. The summed E-state index contributed by atoms with van der Waals surface area (Å²) in [5.41, 5.74) is 4.52. The first-order valence-corrected chi connectivity index (χ1v) is 12.8. The number of hydrogen-bond acceptors (Lipinski definition) is 8. The summed E-state index contributed by atoms with van der Waals surface area (Å²) in [6.45, 7) is 5.16. The van der Waals surface area contributed by atoms with Crippen molar-refractivity contribution in [2.45, 2.75) is 12.5 Å². The summed E-state index contributed by atoms with van der Waals surface area (Å²) in [7, 11) is 5.70. The van der Waals surface area contributed by atoms with Gasteiger partial charge in [-0.3, -0.25) is 4.79 Å². The van der Waals surface area contributed by atoms with E-state index in [-0.39, 0.29) is 5.91 Å². The number of pyridine rings is 1. The van der Waals surface area contributed by atoms with Crippen molar-refractivity contribution in [1.82, 2.24) is 20.1 Å². The fourth-order valence-electron chi connectivity index (χ4n) is 5.34. The maximum atomic E-state index is 12.8. The van der Waals surface area contributed by atoms with Crippen LogP contribution in [0.5, 0.6) is 5.75 Å². The lowest BCUT2D eigenvalue weighted by molar-refractivity contribution is -0.131. The topological polar surface area (TPSA) is 90.4 Å². The smallest absolute Gasteiger partial charge is 0.223 e. The van der Waals surface area contributed by atoms with Gasteiger partial charge >= 0.3 is 0 Å². The largest absolute Gasteiger partial charge is 0.497 e. The number of carbonyl (C=O) groups is 1. The Kier molecular flexibility index (Phi) is 7.34. The van der Waals surface area contributed by atoms with Crippen LogP contribution in [0.2, 0.25) is 0 Å². The van der Waals surface area contributed by atoms with Crippen molar-refractivity contribution in [2.75, 3.05) is 71.9 Å². The lowest BCUT2D eigenvalue weighted by Crippen LogP contribution is -2.49. The molecule has 1 aliphatic heterocycles. The molecule has 2 aromatic carbocycles. The molecule has 0 radical (unpaired) electrons. The number of amides is 1. The van der Waals surface area contributed by atoms with Crippen LogP contribution in [-0.4, -0.2) is 87.7 Å². The molecule has 1 N–H and O–H groups in total. The van der Waals surface area contributed by atoms with Crippen LogP contribution in [0.25, 0.3) is 22.0 Å². The Morgan fingerprint density at radius 2 is 1.92 bits per heavy atom. The Labute approximate surface area is 217 Å². The Hall–Kier alpha value is -3.56. The molecule has 1 saturated heterocycles. The zero-order valence-electron chi connectivity index (χ0n) is 21.7. The third kappa shape index (κ3) is 4.89. The second-order valence-electron chi connectivity index (χ2n) is 9.87. The van der Waals surface area contributed by atoms with E-state index in [0.29, 0.717) is 44.9 Å². The van der Waals surface area contributed by atoms with E-state index in [4.69, 9.17) is 9.72 Å². The molecule has 0 bridgehead atoms. The van der Waals surface area contributed by atoms with Crippen LogP contribution in [0.3, 0.4) is 0 Å². The van der Waals surface area contributed by atoms with E-state index >= 15 is 0 Å². The fourth-order valence-corrected chi connectivity index (χ4v) is 5.34. The van der Waals surface area contributed by atoms with Crippen LogP contribution in [0, 0.1) is 4.91 Å². The van der Waals surface area contributed by atoms with E-state index in [1.165, 1.54) is 0 Å². The molecule has 1 fully saturated rings. The zero-order valence-corrected chi connectivity index (χ0v) is 21.7. The number of para-hydroxylation sites is 1. The van der Waals surface area contributed by atoms with Crippen molar-refractivity contribution in [3.63, 3.8) is 0 Å². The number of piperazine rings is 1.